The van der Waals surface area contributed by atoms with E-state index in [0.29, 0.717) is 13.1 Å². The Labute approximate surface area is 130 Å². The zero-order valence-electron chi connectivity index (χ0n) is 12.9. The maximum absolute atomic E-state index is 12.7. The second kappa shape index (κ2) is 6.34. The highest BCUT2D eigenvalue weighted by molar-refractivity contribution is 5.85. The topological polar surface area (TPSA) is 56.8 Å². The number of rotatable bonds is 3. The Balaban J connectivity index is 1.71. The molecule has 3 rings (SSSR count). The summed E-state index contributed by atoms with van der Waals surface area (Å²) in [6.07, 6.45) is 6.69. The monoisotopic (exact) mass is 302 g/mol. The van der Waals surface area contributed by atoms with Crippen molar-refractivity contribution in [3.63, 3.8) is 0 Å². The van der Waals surface area contributed by atoms with Gasteiger partial charge in [0.25, 0.3) is 0 Å². The molecule has 0 bridgehead atoms. The zero-order chi connectivity index (χ0) is 15.5. The predicted octanol–water partition coefficient (Wildman–Crippen LogP) is 1.50. The van der Waals surface area contributed by atoms with Crippen molar-refractivity contribution < 1.29 is 9.59 Å². The van der Waals surface area contributed by atoms with Gasteiger partial charge in [0, 0.05) is 39.1 Å². The van der Waals surface area contributed by atoms with Crippen molar-refractivity contribution in [3.8, 4) is 0 Å². The van der Waals surface area contributed by atoms with E-state index in [4.69, 9.17) is 0 Å². The second-order valence-corrected chi connectivity index (χ2v) is 6.01. The van der Waals surface area contributed by atoms with Gasteiger partial charge < -0.3 is 14.7 Å². The van der Waals surface area contributed by atoms with Crippen LogP contribution in [0.25, 0.3) is 0 Å². The minimum atomic E-state index is -0.0525. The van der Waals surface area contributed by atoms with Crippen LogP contribution in [-0.2, 0) is 4.79 Å². The van der Waals surface area contributed by atoms with E-state index in [1.165, 1.54) is 0 Å². The molecule has 3 heterocycles. The molecule has 2 fully saturated rings. The highest BCUT2D eigenvalue weighted by atomic mass is 16.2. The van der Waals surface area contributed by atoms with Gasteiger partial charge in [-0.05, 0) is 30.9 Å². The average molecular weight is 302 g/mol. The first-order valence-electron chi connectivity index (χ1n) is 7.86. The van der Waals surface area contributed by atoms with E-state index in [-0.39, 0.29) is 24.5 Å². The fourth-order valence-corrected chi connectivity index (χ4v) is 3.25. The van der Waals surface area contributed by atoms with E-state index in [0.717, 1.165) is 31.4 Å². The summed E-state index contributed by atoms with van der Waals surface area (Å²) < 4.78 is 0. The molecule has 1 atom stereocenters. The molecule has 3 amide bonds. The molecule has 6 heteroatoms. The smallest absolute Gasteiger partial charge is 0.320 e. The minimum absolute atomic E-state index is 0.0391. The Bertz CT molecular complexity index is 548. The number of aromatic nitrogens is 1. The summed E-state index contributed by atoms with van der Waals surface area (Å²) in [4.78, 5) is 34.0. The molecule has 0 saturated carbocycles. The van der Waals surface area contributed by atoms with Gasteiger partial charge in [0.15, 0.2) is 0 Å². The number of pyridine rings is 1. The molecule has 1 aromatic heterocycles. The number of carbonyl (C=O) groups excluding carboxylic acids is 2. The molecule has 2 aliphatic rings. The van der Waals surface area contributed by atoms with Crippen molar-refractivity contribution in [1.82, 2.24) is 19.7 Å². The van der Waals surface area contributed by atoms with Crippen LogP contribution < -0.4 is 0 Å². The molecular weight excluding hydrogens is 280 g/mol. The van der Waals surface area contributed by atoms with Crippen molar-refractivity contribution in [2.45, 2.75) is 25.3 Å². The predicted molar refractivity (Wildman–Crippen MR) is 82.1 cm³/mol. The third kappa shape index (κ3) is 2.91. The summed E-state index contributed by atoms with van der Waals surface area (Å²) in [5.74, 6) is 0.0391. The van der Waals surface area contributed by atoms with Crippen LogP contribution in [0.1, 0.15) is 30.9 Å². The number of hydrogen-bond acceptors (Lipinski definition) is 3. The molecule has 2 saturated heterocycles. The van der Waals surface area contributed by atoms with Gasteiger partial charge in [0.1, 0.15) is 6.54 Å². The van der Waals surface area contributed by atoms with Crippen LogP contribution in [0.2, 0.25) is 0 Å². The van der Waals surface area contributed by atoms with Crippen LogP contribution in [0.5, 0.6) is 0 Å². The number of piperidine rings is 1. The SMILES string of the molecule is CN1CCN(CC(=O)N2CCCC[C@H]2c2cccnc2)C1=O. The van der Waals surface area contributed by atoms with Gasteiger partial charge in [-0.25, -0.2) is 4.79 Å². The largest absolute Gasteiger partial charge is 0.334 e. The molecule has 2 aliphatic heterocycles. The van der Waals surface area contributed by atoms with Crippen LogP contribution in [0, 0.1) is 0 Å². The molecule has 6 nitrogen and oxygen atoms in total. The minimum Gasteiger partial charge on any atom is -0.334 e. The maximum Gasteiger partial charge on any atom is 0.320 e. The number of likely N-dealkylation sites (N-methyl/N-ethyl adjacent to an activating group) is 1. The molecule has 0 radical (unpaired) electrons. The quantitative estimate of drug-likeness (QED) is 0.850. The summed E-state index contributed by atoms with van der Waals surface area (Å²) in [7, 11) is 1.77. The number of amides is 3. The Hall–Kier alpha value is -2.11. The molecule has 0 unspecified atom stereocenters. The Morgan fingerprint density at radius 1 is 1.32 bits per heavy atom. The number of carbonyl (C=O) groups is 2. The maximum atomic E-state index is 12.7. The third-order valence-electron chi connectivity index (χ3n) is 4.52. The van der Waals surface area contributed by atoms with E-state index in [2.05, 4.69) is 4.98 Å². The average Bonchev–Trinajstić information content (AvgIpc) is 2.88. The standard InChI is InChI=1S/C16H22N4O2/c1-18-9-10-19(16(18)22)12-15(21)20-8-3-2-6-14(20)13-5-4-7-17-11-13/h4-5,7,11,14H,2-3,6,8-10,12H2,1H3/t14-/m0/s1. The lowest BCUT2D eigenvalue weighted by atomic mass is 9.96. The fourth-order valence-electron chi connectivity index (χ4n) is 3.25. The zero-order valence-corrected chi connectivity index (χ0v) is 12.9. The number of hydrogen-bond donors (Lipinski definition) is 0. The van der Waals surface area contributed by atoms with Gasteiger partial charge in [0.2, 0.25) is 5.91 Å². The van der Waals surface area contributed by atoms with Crippen molar-refractivity contribution >= 4 is 11.9 Å². The molecule has 0 spiro atoms. The summed E-state index contributed by atoms with van der Waals surface area (Å²) in [6, 6.07) is 3.97. The lowest BCUT2D eigenvalue weighted by Gasteiger charge is -2.36. The molecule has 0 aliphatic carbocycles. The Morgan fingerprint density at radius 3 is 2.86 bits per heavy atom. The summed E-state index contributed by atoms with van der Waals surface area (Å²) in [5, 5.41) is 0. The van der Waals surface area contributed by atoms with E-state index in [1.807, 2.05) is 23.2 Å². The molecule has 0 N–H and O–H groups in total. The highest BCUT2D eigenvalue weighted by Gasteiger charge is 2.32. The van der Waals surface area contributed by atoms with Gasteiger partial charge in [-0.3, -0.25) is 9.78 Å². The lowest BCUT2D eigenvalue weighted by molar-refractivity contribution is -0.135. The van der Waals surface area contributed by atoms with Crippen LogP contribution in [-0.4, -0.2) is 64.8 Å². The van der Waals surface area contributed by atoms with Gasteiger partial charge in [-0.2, -0.15) is 0 Å². The Morgan fingerprint density at radius 2 is 2.18 bits per heavy atom. The van der Waals surface area contributed by atoms with Crippen LogP contribution in [0.15, 0.2) is 24.5 Å². The van der Waals surface area contributed by atoms with Crippen LogP contribution >= 0.6 is 0 Å². The van der Waals surface area contributed by atoms with Gasteiger partial charge in [-0.1, -0.05) is 6.07 Å². The highest BCUT2D eigenvalue weighted by Crippen LogP contribution is 2.30. The van der Waals surface area contributed by atoms with E-state index in [1.54, 1.807) is 23.0 Å². The fraction of sp³-hybridized carbons (Fsp3) is 0.562. The van der Waals surface area contributed by atoms with E-state index >= 15 is 0 Å². The summed E-state index contributed by atoms with van der Waals surface area (Å²) >= 11 is 0. The summed E-state index contributed by atoms with van der Waals surface area (Å²) in [5.41, 5.74) is 1.08. The van der Waals surface area contributed by atoms with E-state index in [9.17, 15) is 9.59 Å². The molecular formula is C16H22N4O2. The molecule has 118 valence electrons. The van der Waals surface area contributed by atoms with Crippen LogP contribution in [0.4, 0.5) is 4.79 Å². The first-order valence-corrected chi connectivity index (χ1v) is 7.86. The van der Waals surface area contributed by atoms with Crippen molar-refractivity contribution in [2.75, 3.05) is 33.2 Å². The Kier molecular flexibility index (Phi) is 4.27. The number of likely N-dealkylation sites (tertiary alicyclic amines) is 1. The van der Waals surface area contributed by atoms with Crippen molar-refractivity contribution in [3.05, 3.63) is 30.1 Å². The lowest BCUT2D eigenvalue weighted by Crippen LogP contribution is -2.45. The van der Waals surface area contributed by atoms with Crippen LogP contribution in [0.3, 0.4) is 0 Å². The molecule has 22 heavy (non-hydrogen) atoms. The van der Waals surface area contributed by atoms with Gasteiger partial charge in [-0.15, -0.1) is 0 Å². The van der Waals surface area contributed by atoms with E-state index < -0.39 is 0 Å². The number of urea groups is 1. The normalized spacial score (nSPS) is 22.3. The first-order chi connectivity index (χ1) is 10.7. The second-order valence-electron chi connectivity index (χ2n) is 6.01. The van der Waals surface area contributed by atoms with Crippen molar-refractivity contribution in [1.29, 1.82) is 0 Å². The molecule has 0 aromatic carbocycles. The first kappa shape index (κ1) is 14.8. The van der Waals surface area contributed by atoms with Gasteiger partial charge in [0.05, 0.1) is 6.04 Å². The third-order valence-corrected chi connectivity index (χ3v) is 4.52. The summed E-state index contributed by atoms with van der Waals surface area (Å²) in [6.45, 7) is 2.26. The molecule has 1 aromatic rings. The van der Waals surface area contributed by atoms with Gasteiger partial charge >= 0.3 is 6.03 Å². The number of nitrogens with zero attached hydrogens (tertiary/aromatic N) is 4. The van der Waals surface area contributed by atoms with Crippen molar-refractivity contribution in [2.24, 2.45) is 0 Å².